The summed E-state index contributed by atoms with van der Waals surface area (Å²) >= 11 is 0. The van der Waals surface area contributed by atoms with Crippen LogP contribution in [0.5, 0.6) is 0 Å². The molecule has 23 heavy (non-hydrogen) atoms. The van der Waals surface area contributed by atoms with E-state index in [-0.39, 0.29) is 12.1 Å². The first kappa shape index (κ1) is 18.5. The van der Waals surface area contributed by atoms with Gasteiger partial charge in [0.05, 0.1) is 18.4 Å². The molecule has 0 aliphatic rings. The second kappa shape index (κ2) is 7.62. The van der Waals surface area contributed by atoms with Crippen LogP contribution in [0.2, 0.25) is 0 Å². The zero-order valence-corrected chi connectivity index (χ0v) is 14.0. The molecule has 0 saturated heterocycles. The van der Waals surface area contributed by atoms with Crippen molar-refractivity contribution in [3.05, 3.63) is 29.8 Å². The van der Waals surface area contributed by atoms with Gasteiger partial charge in [0.15, 0.2) is 0 Å². The van der Waals surface area contributed by atoms with Crippen LogP contribution in [0.25, 0.3) is 0 Å². The van der Waals surface area contributed by atoms with Crippen molar-refractivity contribution in [3.8, 4) is 0 Å². The zero-order valence-electron chi connectivity index (χ0n) is 14.0. The van der Waals surface area contributed by atoms with Crippen LogP contribution < -0.4 is 5.32 Å². The third-order valence-electron chi connectivity index (χ3n) is 2.73. The molecule has 0 atom stereocenters. The van der Waals surface area contributed by atoms with E-state index in [1.54, 1.807) is 45.0 Å². The Balaban J connectivity index is 2.90. The number of hydrogen-bond acceptors (Lipinski definition) is 5. The molecule has 0 radical (unpaired) electrons. The number of rotatable bonds is 4. The van der Waals surface area contributed by atoms with Gasteiger partial charge in [-0.25, -0.2) is 4.79 Å². The summed E-state index contributed by atoms with van der Waals surface area (Å²) in [4.78, 5) is 36.8. The Kier molecular flexibility index (Phi) is 6.12. The van der Waals surface area contributed by atoms with Gasteiger partial charge < -0.3 is 14.4 Å². The fourth-order valence-corrected chi connectivity index (χ4v) is 1.73. The zero-order chi connectivity index (χ0) is 17.6. The number of carbonyl (C=O) groups excluding carboxylic acids is 3. The van der Waals surface area contributed by atoms with E-state index < -0.39 is 23.6 Å². The van der Waals surface area contributed by atoms with Gasteiger partial charge >= 0.3 is 12.1 Å². The number of nitrogens with zero attached hydrogens (tertiary/aromatic N) is 1. The minimum atomic E-state index is -0.659. The summed E-state index contributed by atoms with van der Waals surface area (Å²) in [6.45, 7) is 5.05. The minimum absolute atomic E-state index is 0.184. The lowest BCUT2D eigenvalue weighted by atomic mass is 10.1. The number of methoxy groups -OCH3 is 1. The summed E-state index contributed by atoms with van der Waals surface area (Å²) in [5, 5.41) is 2.55. The van der Waals surface area contributed by atoms with Gasteiger partial charge in [-0.15, -0.1) is 0 Å². The maximum Gasteiger partial charge on any atom is 0.412 e. The number of hydrogen-bond donors (Lipinski definition) is 1. The lowest BCUT2D eigenvalue weighted by molar-refractivity contribution is -0.141. The largest absolute Gasteiger partial charge is 0.468 e. The summed E-state index contributed by atoms with van der Waals surface area (Å²) in [5.74, 6) is -0.944. The topological polar surface area (TPSA) is 84.9 Å². The van der Waals surface area contributed by atoms with Gasteiger partial charge in [-0.3, -0.25) is 14.9 Å². The molecule has 0 heterocycles. The fourth-order valence-electron chi connectivity index (χ4n) is 1.73. The summed E-state index contributed by atoms with van der Waals surface area (Å²) in [6, 6.07) is 6.50. The van der Waals surface area contributed by atoms with Crippen LogP contribution in [0.3, 0.4) is 0 Å². The summed E-state index contributed by atoms with van der Waals surface area (Å²) in [7, 11) is 2.72. The van der Waals surface area contributed by atoms with E-state index in [0.29, 0.717) is 5.69 Å². The molecule has 0 saturated carbocycles. The van der Waals surface area contributed by atoms with Crippen LogP contribution in [0.1, 0.15) is 31.1 Å². The van der Waals surface area contributed by atoms with Gasteiger partial charge in [-0.1, -0.05) is 12.1 Å². The molecular formula is C16H22N2O5. The number of likely N-dealkylation sites (N-methyl/N-ethyl adjacent to an activating group) is 1. The number of amides is 2. The SMILES string of the molecule is COC(=O)CN(C)C(=O)c1ccccc1NC(=O)OC(C)(C)C. The van der Waals surface area contributed by atoms with Crippen molar-refractivity contribution in [2.75, 3.05) is 26.0 Å². The monoisotopic (exact) mass is 322 g/mol. The number of carbonyl (C=O) groups is 3. The molecule has 1 aromatic rings. The molecule has 1 rings (SSSR count). The highest BCUT2D eigenvalue weighted by molar-refractivity contribution is 6.03. The van der Waals surface area contributed by atoms with Crippen molar-refractivity contribution < 1.29 is 23.9 Å². The average Bonchev–Trinajstić information content (AvgIpc) is 2.44. The standard InChI is InChI=1S/C16H22N2O5/c1-16(2,3)23-15(21)17-12-9-7-6-8-11(12)14(20)18(4)10-13(19)22-5/h6-9H,10H2,1-5H3,(H,17,21). The number of esters is 1. The Hall–Kier alpha value is -2.57. The molecule has 7 heteroatoms. The predicted molar refractivity (Wildman–Crippen MR) is 85.3 cm³/mol. The van der Waals surface area contributed by atoms with Crippen molar-refractivity contribution in [1.82, 2.24) is 4.90 Å². The van der Waals surface area contributed by atoms with Gasteiger partial charge in [-0.2, -0.15) is 0 Å². The highest BCUT2D eigenvalue weighted by Gasteiger charge is 2.21. The number of para-hydroxylation sites is 1. The predicted octanol–water partition coefficient (Wildman–Crippen LogP) is 2.28. The maximum atomic E-state index is 12.4. The smallest absolute Gasteiger partial charge is 0.412 e. The Morgan fingerprint density at radius 1 is 1.17 bits per heavy atom. The number of benzene rings is 1. The van der Waals surface area contributed by atoms with Gasteiger partial charge in [0.25, 0.3) is 5.91 Å². The first-order valence-electron chi connectivity index (χ1n) is 7.05. The molecule has 2 amide bonds. The summed E-state index contributed by atoms with van der Waals surface area (Å²) in [5.41, 5.74) is -0.0849. The van der Waals surface area contributed by atoms with Crippen LogP contribution in [0.4, 0.5) is 10.5 Å². The minimum Gasteiger partial charge on any atom is -0.468 e. The lowest BCUT2D eigenvalue weighted by Crippen LogP contribution is -2.33. The van der Waals surface area contributed by atoms with E-state index in [1.165, 1.54) is 19.1 Å². The Bertz CT molecular complexity index is 592. The van der Waals surface area contributed by atoms with E-state index in [1.807, 2.05) is 0 Å². The summed E-state index contributed by atoms with van der Waals surface area (Å²) in [6.07, 6.45) is -0.659. The normalized spacial score (nSPS) is 10.7. The van der Waals surface area contributed by atoms with Crippen LogP contribution >= 0.6 is 0 Å². The van der Waals surface area contributed by atoms with Crippen molar-refractivity contribution in [2.24, 2.45) is 0 Å². The molecule has 1 N–H and O–H groups in total. The molecular weight excluding hydrogens is 300 g/mol. The van der Waals surface area contributed by atoms with Crippen molar-refractivity contribution in [2.45, 2.75) is 26.4 Å². The van der Waals surface area contributed by atoms with Gasteiger partial charge in [0.2, 0.25) is 0 Å². The molecule has 0 fully saturated rings. The molecule has 0 spiro atoms. The van der Waals surface area contributed by atoms with Crippen LogP contribution in [0.15, 0.2) is 24.3 Å². The van der Waals surface area contributed by atoms with Crippen molar-refractivity contribution >= 4 is 23.7 Å². The molecule has 7 nitrogen and oxygen atoms in total. The molecule has 0 bridgehead atoms. The summed E-state index contributed by atoms with van der Waals surface area (Å²) < 4.78 is 9.70. The molecule has 0 aromatic heterocycles. The van der Waals surface area contributed by atoms with Gasteiger partial charge in [-0.05, 0) is 32.9 Å². The molecule has 0 aliphatic carbocycles. The molecule has 0 aliphatic heterocycles. The lowest BCUT2D eigenvalue weighted by Gasteiger charge is -2.21. The molecule has 1 aromatic carbocycles. The second-order valence-corrected chi connectivity index (χ2v) is 5.91. The Labute approximate surface area is 135 Å². The fraction of sp³-hybridized carbons (Fsp3) is 0.438. The average molecular weight is 322 g/mol. The van der Waals surface area contributed by atoms with E-state index in [0.717, 1.165) is 0 Å². The number of anilines is 1. The molecule has 126 valence electrons. The van der Waals surface area contributed by atoms with E-state index in [2.05, 4.69) is 10.1 Å². The first-order chi connectivity index (χ1) is 10.6. The van der Waals surface area contributed by atoms with E-state index in [9.17, 15) is 14.4 Å². The highest BCUT2D eigenvalue weighted by Crippen LogP contribution is 2.18. The van der Waals surface area contributed by atoms with Gasteiger partial charge in [0, 0.05) is 7.05 Å². The highest BCUT2D eigenvalue weighted by atomic mass is 16.6. The van der Waals surface area contributed by atoms with Crippen LogP contribution in [-0.4, -0.2) is 49.2 Å². The Morgan fingerprint density at radius 2 is 1.78 bits per heavy atom. The number of nitrogens with one attached hydrogen (secondary N) is 1. The van der Waals surface area contributed by atoms with Gasteiger partial charge in [0.1, 0.15) is 12.1 Å². The third kappa shape index (κ3) is 5.98. The van der Waals surface area contributed by atoms with E-state index in [4.69, 9.17) is 4.74 Å². The second-order valence-electron chi connectivity index (χ2n) is 5.91. The maximum absolute atomic E-state index is 12.4. The van der Waals surface area contributed by atoms with Crippen molar-refractivity contribution in [3.63, 3.8) is 0 Å². The third-order valence-corrected chi connectivity index (χ3v) is 2.73. The molecule has 0 unspecified atom stereocenters. The van der Waals surface area contributed by atoms with Crippen LogP contribution in [0, 0.1) is 0 Å². The van der Waals surface area contributed by atoms with E-state index >= 15 is 0 Å². The van der Waals surface area contributed by atoms with Crippen LogP contribution in [-0.2, 0) is 14.3 Å². The Morgan fingerprint density at radius 3 is 2.35 bits per heavy atom. The number of ether oxygens (including phenoxy) is 2. The quantitative estimate of drug-likeness (QED) is 0.860. The first-order valence-corrected chi connectivity index (χ1v) is 7.05. The van der Waals surface area contributed by atoms with Crippen molar-refractivity contribution in [1.29, 1.82) is 0 Å².